The fraction of sp³-hybridized carbons (Fsp3) is 0.533. The van der Waals surface area contributed by atoms with Gasteiger partial charge < -0.3 is 9.64 Å². The maximum Gasteiger partial charge on any atom is 0.243 e. The first-order valence-corrected chi connectivity index (χ1v) is 8.94. The summed E-state index contributed by atoms with van der Waals surface area (Å²) in [5, 5.41) is 0. The van der Waals surface area contributed by atoms with Crippen molar-refractivity contribution in [1.82, 2.24) is 4.31 Å². The standard InChI is InChI=1S/C15H20N2O4S/c1-12-11-21-10-9-17(12)22(19,20)14-6-4-13(5-7-14)16-8-2-3-15(16)18/h4-7,12H,2-3,8-11H2,1H3/t12-/m1/s1. The fourth-order valence-electron chi connectivity index (χ4n) is 2.92. The van der Waals surface area contributed by atoms with Crippen LogP contribution in [-0.2, 0) is 19.6 Å². The van der Waals surface area contributed by atoms with Crippen LogP contribution >= 0.6 is 0 Å². The van der Waals surface area contributed by atoms with Gasteiger partial charge in [0.15, 0.2) is 0 Å². The molecule has 2 fully saturated rings. The van der Waals surface area contributed by atoms with E-state index in [4.69, 9.17) is 4.74 Å². The lowest BCUT2D eigenvalue weighted by Crippen LogP contribution is -2.46. The van der Waals surface area contributed by atoms with Crippen LogP contribution in [0.1, 0.15) is 19.8 Å². The molecule has 3 rings (SSSR count). The molecule has 0 N–H and O–H groups in total. The van der Waals surface area contributed by atoms with Crippen LogP contribution in [0.4, 0.5) is 5.69 Å². The topological polar surface area (TPSA) is 66.9 Å². The minimum Gasteiger partial charge on any atom is -0.378 e. The van der Waals surface area contributed by atoms with Crippen molar-refractivity contribution in [3.05, 3.63) is 24.3 Å². The smallest absolute Gasteiger partial charge is 0.243 e. The molecule has 2 aliphatic heterocycles. The van der Waals surface area contributed by atoms with Gasteiger partial charge in [-0.15, -0.1) is 0 Å². The average molecular weight is 324 g/mol. The van der Waals surface area contributed by atoms with Gasteiger partial charge in [-0.05, 0) is 37.6 Å². The molecule has 1 aromatic rings. The minimum atomic E-state index is -3.52. The molecule has 0 aliphatic carbocycles. The second kappa shape index (κ2) is 5.98. The monoisotopic (exact) mass is 324 g/mol. The molecule has 6 nitrogen and oxygen atoms in total. The van der Waals surface area contributed by atoms with E-state index in [2.05, 4.69) is 0 Å². The second-order valence-corrected chi connectivity index (χ2v) is 7.57. The molecule has 7 heteroatoms. The van der Waals surface area contributed by atoms with E-state index in [1.54, 1.807) is 29.2 Å². The number of benzene rings is 1. The summed E-state index contributed by atoms with van der Waals surface area (Å²) in [6, 6.07) is 6.41. The van der Waals surface area contributed by atoms with Gasteiger partial charge in [0.05, 0.1) is 18.1 Å². The molecule has 2 saturated heterocycles. The SMILES string of the molecule is C[C@@H]1COCCN1S(=O)(=O)c1ccc(N2CCCC2=O)cc1. The predicted octanol–water partition coefficient (Wildman–Crippen LogP) is 1.22. The summed E-state index contributed by atoms with van der Waals surface area (Å²) < 4.78 is 32.1. The Bertz CT molecular complexity index is 657. The third kappa shape index (κ3) is 2.76. The predicted molar refractivity (Wildman–Crippen MR) is 82.2 cm³/mol. The van der Waals surface area contributed by atoms with E-state index in [0.29, 0.717) is 32.7 Å². The van der Waals surface area contributed by atoms with E-state index in [1.807, 2.05) is 6.92 Å². The van der Waals surface area contributed by atoms with E-state index >= 15 is 0 Å². The van der Waals surface area contributed by atoms with E-state index < -0.39 is 10.0 Å². The van der Waals surface area contributed by atoms with Gasteiger partial charge in [0.2, 0.25) is 15.9 Å². The summed E-state index contributed by atoms with van der Waals surface area (Å²) in [6.07, 6.45) is 1.41. The van der Waals surface area contributed by atoms with Gasteiger partial charge in [-0.1, -0.05) is 0 Å². The van der Waals surface area contributed by atoms with Crippen molar-refractivity contribution in [2.45, 2.75) is 30.7 Å². The van der Waals surface area contributed by atoms with Gasteiger partial charge in [0.1, 0.15) is 0 Å². The number of rotatable bonds is 3. The van der Waals surface area contributed by atoms with E-state index in [9.17, 15) is 13.2 Å². The highest BCUT2D eigenvalue weighted by molar-refractivity contribution is 7.89. The van der Waals surface area contributed by atoms with Crippen LogP contribution in [-0.4, -0.2) is 51.0 Å². The lowest BCUT2D eigenvalue weighted by atomic mass is 10.3. The first-order valence-electron chi connectivity index (χ1n) is 7.50. The summed E-state index contributed by atoms with van der Waals surface area (Å²) in [4.78, 5) is 13.7. The Morgan fingerprint density at radius 1 is 1.18 bits per heavy atom. The first kappa shape index (κ1) is 15.5. The molecule has 1 atom stereocenters. The van der Waals surface area contributed by atoms with Crippen LogP contribution in [0, 0.1) is 0 Å². The number of carbonyl (C=O) groups excluding carboxylic acids is 1. The number of morpholine rings is 1. The van der Waals surface area contributed by atoms with Crippen LogP contribution in [0.15, 0.2) is 29.2 Å². The highest BCUT2D eigenvalue weighted by atomic mass is 32.2. The number of anilines is 1. The van der Waals surface area contributed by atoms with Crippen molar-refractivity contribution < 1.29 is 17.9 Å². The molecule has 0 radical (unpaired) electrons. The summed E-state index contributed by atoms with van der Waals surface area (Å²) in [6.45, 7) is 3.75. The second-order valence-electron chi connectivity index (χ2n) is 5.68. The molecular weight excluding hydrogens is 304 g/mol. The molecule has 0 aromatic heterocycles. The van der Waals surface area contributed by atoms with Crippen LogP contribution in [0.5, 0.6) is 0 Å². The highest BCUT2D eigenvalue weighted by Gasteiger charge is 2.31. The molecule has 0 spiro atoms. The zero-order valence-corrected chi connectivity index (χ0v) is 13.4. The Balaban J connectivity index is 1.84. The molecule has 2 heterocycles. The van der Waals surface area contributed by atoms with Gasteiger partial charge in [-0.2, -0.15) is 4.31 Å². The Kier molecular flexibility index (Phi) is 4.20. The fourth-order valence-corrected chi connectivity index (χ4v) is 4.52. The number of ether oxygens (including phenoxy) is 1. The van der Waals surface area contributed by atoms with Crippen LogP contribution in [0.2, 0.25) is 0 Å². The molecular formula is C15H20N2O4S. The molecule has 0 bridgehead atoms. The minimum absolute atomic E-state index is 0.0948. The molecule has 0 unspecified atom stereocenters. The summed E-state index contributed by atoms with van der Waals surface area (Å²) in [7, 11) is -3.52. The van der Waals surface area contributed by atoms with E-state index in [0.717, 1.165) is 12.1 Å². The maximum atomic E-state index is 12.7. The van der Waals surface area contributed by atoms with Crippen molar-refractivity contribution in [3.63, 3.8) is 0 Å². The van der Waals surface area contributed by atoms with Gasteiger partial charge in [-0.25, -0.2) is 8.42 Å². The molecule has 0 saturated carbocycles. The largest absolute Gasteiger partial charge is 0.378 e. The number of hydrogen-bond donors (Lipinski definition) is 0. The van der Waals surface area contributed by atoms with Gasteiger partial charge in [-0.3, -0.25) is 4.79 Å². The van der Waals surface area contributed by atoms with Crippen LogP contribution in [0.3, 0.4) is 0 Å². The van der Waals surface area contributed by atoms with Crippen molar-refractivity contribution in [3.8, 4) is 0 Å². The van der Waals surface area contributed by atoms with Gasteiger partial charge in [0.25, 0.3) is 0 Å². The zero-order chi connectivity index (χ0) is 15.7. The summed E-state index contributed by atoms with van der Waals surface area (Å²) in [5.41, 5.74) is 0.761. The van der Waals surface area contributed by atoms with Crippen molar-refractivity contribution in [2.24, 2.45) is 0 Å². The lowest BCUT2D eigenvalue weighted by molar-refractivity contribution is -0.117. The zero-order valence-electron chi connectivity index (χ0n) is 12.6. The molecule has 2 aliphatic rings. The van der Waals surface area contributed by atoms with Gasteiger partial charge >= 0.3 is 0 Å². The third-order valence-corrected chi connectivity index (χ3v) is 6.16. The Hall–Kier alpha value is -1.44. The Morgan fingerprint density at radius 3 is 2.50 bits per heavy atom. The lowest BCUT2D eigenvalue weighted by Gasteiger charge is -2.32. The molecule has 22 heavy (non-hydrogen) atoms. The van der Waals surface area contributed by atoms with E-state index in [-0.39, 0.29) is 16.8 Å². The van der Waals surface area contributed by atoms with Gasteiger partial charge in [0, 0.05) is 31.2 Å². The summed E-state index contributed by atoms with van der Waals surface area (Å²) >= 11 is 0. The number of sulfonamides is 1. The Morgan fingerprint density at radius 2 is 1.91 bits per heavy atom. The quantitative estimate of drug-likeness (QED) is 0.838. The number of hydrogen-bond acceptors (Lipinski definition) is 4. The number of carbonyl (C=O) groups is 1. The number of amides is 1. The van der Waals surface area contributed by atoms with Crippen molar-refractivity contribution >= 4 is 21.6 Å². The first-order chi connectivity index (χ1) is 10.5. The number of nitrogens with zero attached hydrogens (tertiary/aromatic N) is 2. The van der Waals surface area contributed by atoms with Crippen molar-refractivity contribution in [1.29, 1.82) is 0 Å². The highest BCUT2D eigenvalue weighted by Crippen LogP contribution is 2.25. The molecule has 1 aromatic carbocycles. The third-order valence-electron chi connectivity index (χ3n) is 4.14. The van der Waals surface area contributed by atoms with Crippen molar-refractivity contribution in [2.75, 3.05) is 31.2 Å². The summed E-state index contributed by atoms with van der Waals surface area (Å²) in [5.74, 6) is 0.0948. The maximum absolute atomic E-state index is 12.7. The Labute approximate surface area is 130 Å². The molecule has 120 valence electrons. The van der Waals surface area contributed by atoms with Crippen LogP contribution < -0.4 is 4.90 Å². The van der Waals surface area contributed by atoms with Crippen LogP contribution in [0.25, 0.3) is 0 Å². The van der Waals surface area contributed by atoms with E-state index in [1.165, 1.54) is 4.31 Å². The average Bonchev–Trinajstić information content (AvgIpc) is 2.94. The molecule has 1 amide bonds. The normalized spacial score (nSPS) is 24.0.